The molecule has 1 aromatic carbocycles. The van der Waals surface area contributed by atoms with E-state index in [1.807, 2.05) is 0 Å². The molecule has 0 radical (unpaired) electrons. The average Bonchev–Trinajstić information content (AvgIpc) is 3.33. The molecule has 3 rings (SSSR count). The summed E-state index contributed by atoms with van der Waals surface area (Å²) in [7, 11) is -3.53. The maximum absolute atomic E-state index is 12.4. The van der Waals surface area contributed by atoms with Crippen molar-refractivity contribution in [3.63, 3.8) is 0 Å². The first-order valence-corrected chi connectivity index (χ1v) is 9.87. The molecule has 1 amide bonds. The van der Waals surface area contributed by atoms with Crippen molar-refractivity contribution in [1.82, 2.24) is 10.0 Å². The quantitative estimate of drug-likeness (QED) is 0.867. The number of amides is 1. The van der Waals surface area contributed by atoms with Gasteiger partial charge in [0.1, 0.15) is 0 Å². The molecule has 2 atom stereocenters. The van der Waals surface area contributed by atoms with E-state index in [-0.39, 0.29) is 22.9 Å². The van der Waals surface area contributed by atoms with E-state index in [0.29, 0.717) is 11.5 Å². The van der Waals surface area contributed by atoms with Crippen molar-refractivity contribution in [3.8, 4) is 0 Å². The third-order valence-electron chi connectivity index (χ3n) is 4.73. The lowest BCUT2D eigenvalue weighted by Crippen LogP contribution is -2.41. The molecule has 0 bridgehead atoms. The number of sulfonamides is 1. The third-order valence-corrected chi connectivity index (χ3v) is 6.25. The Labute approximate surface area is 137 Å². The largest absolute Gasteiger partial charge is 0.349 e. The van der Waals surface area contributed by atoms with Gasteiger partial charge in [0.05, 0.1) is 4.90 Å². The summed E-state index contributed by atoms with van der Waals surface area (Å²) < 4.78 is 27.2. The zero-order valence-electron chi connectivity index (χ0n) is 13.4. The van der Waals surface area contributed by atoms with Crippen molar-refractivity contribution in [2.45, 2.75) is 62.4 Å². The molecule has 0 saturated heterocycles. The molecule has 2 saturated carbocycles. The van der Waals surface area contributed by atoms with Gasteiger partial charge in [-0.3, -0.25) is 4.79 Å². The topological polar surface area (TPSA) is 75.3 Å². The van der Waals surface area contributed by atoms with Gasteiger partial charge in [-0.2, -0.15) is 0 Å². The number of nitrogens with one attached hydrogen (secondary N) is 2. The molecule has 126 valence electrons. The minimum atomic E-state index is -3.53. The Kier molecular flexibility index (Phi) is 4.73. The van der Waals surface area contributed by atoms with Crippen molar-refractivity contribution in [1.29, 1.82) is 0 Å². The summed E-state index contributed by atoms with van der Waals surface area (Å²) in [6.07, 6.45) is 6.25. The number of carbonyl (C=O) groups excluding carboxylic acids is 1. The summed E-state index contributed by atoms with van der Waals surface area (Å²) in [5.41, 5.74) is 0.404. The van der Waals surface area contributed by atoms with Gasteiger partial charge >= 0.3 is 0 Å². The van der Waals surface area contributed by atoms with E-state index in [9.17, 15) is 13.2 Å². The zero-order valence-corrected chi connectivity index (χ0v) is 14.2. The molecular weight excluding hydrogens is 312 g/mol. The van der Waals surface area contributed by atoms with E-state index in [2.05, 4.69) is 17.0 Å². The van der Waals surface area contributed by atoms with E-state index in [4.69, 9.17) is 0 Å². The van der Waals surface area contributed by atoms with Gasteiger partial charge in [0.15, 0.2) is 0 Å². The smallest absolute Gasteiger partial charge is 0.251 e. The Hall–Kier alpha value is -1.40. The summed E-state index contributed by atoms with van der Waals surface area (Å²) in [5.74, 6) is 0.281. The van der Waals surface area contributed by atoms with E-state index in [1.165, 1.54) is 18.6 Å². The van der Waals surface area contributed by atoms with Crippen molar-refractivity contribution < 1.29 is 13.2 Å². The highest BCUT2D eigenvalue weighted by Gasteiger charge is 2.28. The lowest BCUT2D eigenvalue weighted by atomic mass is 9.86. The Morgan fingerprint density at radius 1 is 1.13 bits per heavy atom. The van der Waals surface area contributed by atoms with Crippen LogP contribution < -0.4 is 10.0 Å². The van der Waals surface area contributed by atoms with E-state index < -0.39 is 10.0 Å². The molecule has 0 aromatic heterocycles. The fourth-order valence-electron chi connectivity index (χ4n) is 3.08. The van der Waals surface area contributed by atoms with Crippen LogP contribution >= 0.6 is 0 Å². The molecule has 0 aliphatic heterocycles. The molecule has 0 spiro atoms. The van der Waals surface area contributed by atoms with Crippen LogP contribution in [0.2, 0.25) is 0 Å². The molecule has 1 aromatic rings. The van der Waals surface area contributed by atoms with Crippen molar-refractivity contribution >= 4 is 15.9 Å². The maximum atomic E-state index is 12.4. The van der Waals surface area contributed by atoms with Gasteiger partial charge in [-0.05, 0) is 49.8 Å². The van der Waals surface area contributed by atoms with Crippen LogP contribution in [0.15, 0.2) is 29.2 Å². The van der Waals surface area contributed by atoms with Crippen LogP contribution in [-0.2, 0) is 10.0 Å². The molecule has 2 N–H and O–H groups in total. The Balaban J connectivity index is 1.72. The van der Waals surface area contributed by atoms with Gasteiger partial charge in [-0.15, -0.1) is 0 Å². The van der Waals surface area contributed by atoms with Gasteiger partial charge in [0.2, 0.25) is 10.0 Å². The summed E-state index contributed by atoms with van der Waals surface area (Å²) >= 11 is 0. The van der Waals surface area contributed by atoms with Crippen LogP contribution in [0.3, 0.4) is 0 Å². The normalized spacial score (nSPS) is 25.1. The molecule has 2 aliphatic carbocycles. The number of benzene rings is 1. The highest BCUT2D eigenvalue weighted by Crippen LogP contribution is 2.25. The maximum Gasteiger partial charge on any atom is 0.251 e. The predicted molar refractivity (Wildman–Crippen MR) is 88.7 cm³/mol. The van der Waals surface area contributed by atoms with Gasteiger partial charge < -0.3 is 5.32 Å². The summed E-state index contributed by atoms with van der Waals surface area (Å²) in [6, 6.07) is 6.53. The minimum Gasteiger partial charge on any atom is -0.349 e. The third kappa shape index (κ3) is 4.12. The molecule has 2 fully saturated rings. The second-order valence-electron chi connectivity index (χ2n) is 6.77. The van der Waals surface area contributed by atoms with Crippen LogP contribution in [0.1, 0.15) is 55.8 Å². The fraction of sp³-hybridized carbons (Fsp3) is 0.588. The SMILES string of the molecule is CC1CCCCC1NC(=O)c1cccc(S(=O)(=O)NC2CC2)c1. The van der Waals surface area contributed by atoms with E-state index in [1.54, 1.807) is 12.1 Å². The molecule has 5 nitrogen and oxygen atoms in total. The fourth-order valence-corrected chi connectivity index (χ4v) is 4.43. The van der Waals surface area contributed by atoms with E-state index >= 15 is 0 Å². The Morgan fingerprint density at radius 2 is 1.87 bits per heavy atom. The first kappa shape index (κ1) is 16.5. The second kappa shape index (κ2) is 6.61. The molecule has 23 heavy (non-hydrogen) atoms. The van der Waals surface area contributed by atoms with Crippen LogP contribution in [0.4, 0.5) is 0 Å². The van der Waals surface area contributed by atoms with E-state index in [0.717, 1.165) is 32.1 Å². The van der Waals surface area contributed by atoms with Gasteiger partial charge in [-0.25, -0.2) is 13.1 Å². The van der Waals surface area contributed by atoms with Crippen molar-refractivity contribution in [2.75, 3.05) is 0 Å². The standard InChI is InChI=1S/C17H24N2O3S/c1-12-5-2-3-8-16(12)18-17(20)13-6-4-7-15(11-13)23(21,22)19-14-9-10-14/h4,6-7,11-12,14,16,19H,2-3,5,8-10H2,1H3,(H,18,20). The highest BCUT2D eigenvalue weighted by atomic mass is 32.2. The van der Waals surface area contributed by atoms with Crippen molar-refractivity contribution in [3.05, 3.63) is 29.8 Å². The number of hydrogen-bond acceptors (Lipinski definition) is 3. The summed E-state index contributed by atoms with van der Waals surface area (Å²) in [4.78, 5) is 12.6. The Bertz CT molecular complexity index is 683. The molecule has 0 heterocycles. The molecule has 2 unspecified atom stereocenters. The lowest BCUT2D eigenvalue weighted by molar-refractivity contribution is 0.0910. The van der Waals surface area contributed by atoms with Gasteiger partial charge in [-0.1, -0.05) is 25.8 Å². The summed E-state index contributed by atoms with van der Waals surface area (Å²) in [5, 5.41) is 3.06. The first-order chi connectivity index (χ1) is 11.0. The summed E-state index contributed by atoms with van der Waals surface area (Å²) in [6.45, 7) is 2.16. The second-order valence-corrected chi connectivity index (χ2v) is 8.48. The van der Waals surface area contributed by atoms with Crippen molar-refractivity contribution in [2.24, 2.45) is 5.92 Å². The number of carbonyl (C=O) groups is 1. The predicted octanol–water partition coefficient (Wildman–Crippen LogP) is 2.44. The minimum absolute atomic E-state index is 0.0561. The Morgan fingerprint density at radius 3 is 2.57 bits per heavy atom. The van der Waals surface area contributed by atoms with Crippen LogP contribution in [0, 0.1) is 5.92 Å². The lowest BCUT2D eigenvalue weighted by Gasteiger charge is -2.29. The molecular formula is C17H24N2O3S. The van der Waals surface area contributed by atoms with Gasteiger partial charge in [0.25, 0.3) is 5.91 Å². The number of rotatable bonds is 5. The van der Waals surface area contributed by atoms with Crippen LogP contribution in [0.5, 0.6) is 0 Å². The van der Waals surface area contributed by atoms with Crippen LogP contribution in [-0.4, -0.2) is 26.4 Å². The first-order valence-electron chi connectivity index (χ1n) is 8.39. The highest BCUT2D eigenvalue weighted by molar-refractivity contribution is 7.89. The number of hydrogen-bond donors (Lipinski definition) is 2. The molecule has 2 aliphatic rings. The van der Waals surface area contributed by atoms with Crippen LogP contribution in [0.25, 0.3) is 0 Å². The molecule has 6 heteroatoms. The monoisotopic (exact) mass is 336 g/mol. The zero-order chi connectivity index (χ0) is 16.4. The average molecular weight is 336 g/mol. The van der Waals surface area contributed by atoms with Gasteiger partial charge in [0, 0.05) is 17.6 Å².